The largest absolute Gasteiger partial charge is 0.416 e. The Morgan fingerprint density at radius 2 is 1.69 bits per heavy atom. The van der Waals surface area contributed by atoms with Crippen LogP contribution in [0.25, 0.3) is 10.9 Å². The standard InChI is InChI=1S/C34H38ClF3N4O3/c1-3-9-26(10-4-2)42-21-40-31-27(17-25(35)18-28(31)33(42)45)32(44)41-29(16-22-11-6-5-7-12-22)30(43)20-39-19-23-13-8-14-24(15-23)34(36,37)38/h5-8,11-15,17-18,21,26,29-30,39,43H,3-4,9-10,16,19-20H2,1-2H3,(H,41,44)/t29-,30-/m1/s1. The zero-order chi connectivity index (χ0) is 32.6. The number of carbonyl (C=O) groups excluding carboxylic acids is 1. The van der Waals surface area contributed by atoms with E-state index in [1.54, 1.807) is 10.6 Å². The number of rotatable bonds is 14. The molecule has 11 heteroatoms. The van der Waals surface area contributed by atoms with Crippen LogP contribution in [-0.2, 0) is 19.1 Å². The molecule has 0 saturated carbocycles. The van der Waals surface area contributed by atoms with Crippen LogP contribution in [0, 0.1) is 0 Å². The number of hydrogen-bond donors (Lipinski definition) is 3. The third-order valence-corrected chi connectivity index (χ3v) is 7.97. The van der Waals surface area contributed by atoms with Crippen LogP contribution >= 0.6 is 11.6 Å². The molecule has 1 heterocycles. The average molecular weight is 643 g/mol. The molecular formula is C34H38ClF3N4O3. The van der Waals surface area contributed by atoms with Gasteiger partial charge in [-0.05, 0) is 48.6 Å². The van der Waals surface area contributed by atoms with Crippen molar-refractivity contribution in [3.8, 4) is 0 Å². The second kappa shape index (κ2) is 15.5. The van der Waals surface area contributed by atoms with Crippen LogP contribution < -0.4 is 16.2 Å². The molecule has 0 radical (unpaired) electrons. The number of hydrogen-bond acceptors (Lipinski definition) is 5. The van der Waals surface area contributed by atoms with Gasteiger partial charge >= 0.3 is 6.18 Å². The molecule has 4 rings (SSSR count). The van der Waals surface area contributed by atoms with Gasteiger partial charge in [-0.1, -0.05) is 86.8 Å². The van der Waals surface area contributed by atoms with Crippen molar-refractivity contribution in [3.05, 3.63) is 111 Å². The number of aliphatic hydroxyl groups excluding tert-OH is 1. The second-order valence-electron chi connectivity index (χ2n) is 11.2. The molecule has 7 nitrogen and oxygen atoms in total. The molecule has 240 valence electrons. The first kappa shape index (κ1) is 34.1. The highest BCUT2D eigenvalue weighted by Crippen LogP contribution is 2.29. The van der Waals surface area contributed by atoms with E-state index < -0.39 is 29.8 Å². The van der Waals surface area contributed by atoms with E-state index >= 15 is 0 Å². The number of fused-ring (bicyclic) bond motifs is 1. The molecule has 2 atom stereocenters. The third kappa shape index (κ3) is 8.93. The van der Waals surface area contributed by atoms with Gasteiger partial charge in [0.15, 0.2) is 0 Å². The molecular weight excluding hydrogens is 605 g/mol. The summed E-state index contributed by atoms with van der Waals surface area (Å²) in [6, 6.07) is 16.4. The Morgan fingerprint density at radius 3 is 2.36 bits per heavy atom. The molecule has 0 aliphatic carbocycles. The number of nitrogens with zero attached hydrogens (tertiary/aromatic N) is 2. The van der Waals surface area contributed by atoms with Crippen LogP contribution in [-0.4, -0.2) is 39.3 Å². The fraction of sp³-hybridized carbons (Fsp3) is 0.382. The number of amides is 1. The smallest absolute Gasteiger partial charge is 0.390 e. The minimum absolute atomic E-state index is 0.0104. The van der Waals surface area contributed by atoms with Crippen LogP contribution in [0.4, 0.5) is 13.2 Å². The van der Waals surface area contributed by atoms with E-state index in [4.69, 9.17) is 11.6 Å². The fourth-order valence-electron chi connectivity index (χ4n) is 5.50. The van der Waals surface area contributed by atoms with Gasteiger partial charge in [0.25, 0.3) is 11.5 Å². The summed E-state index contributed by atoms with van der Waals surface area (Å²) in [6.45, 7) is 4.19. The quantitative estimate of drug-likeness (QED) is 0.142. The van der Waals surface area contributed by atoms with Crippen LogP contribution in [0.3, 0.4) is 0 Å². The van der Waals surface area contributed by atoms with E-state index in [1.807, 2.05) is 30.3 Å². The van der Waals surface area contributed by atoms with Crippen molar-refractivity contribution in [1.29, 1.82) is 0 Å². The predicted molar refractivity (Wildman–Crippen MR) is 170 cm³/mol. The Bertz CT molecular complexity index is 1640. The van der Waals surface area contributed by atoms with Crippen molar-refractivity contribution in [1.82, 2.24) is 20.2 Å². The molecule has 4 aromatic rings. The van der Waals surface area contributed by atoms with Crippen molar-refractivity contribution in [3.63, 3.8) is 0 Å². The molecule has 0 saturated heterocycles. The number of carbonyl (C=O) groups is 1. The normalized spacial score (nSPS) is 13.2. The second-order valence-corrected chi connectivity index (χ2v) is 11.6. The van der Waals surface area contributed by atoms with Crippen LogP contribution in [0.1, 0.15) is 72.6 Å². The summed E-state index contributed by atoms with van der Waals surface area (Å²) in [4.78, 5) is 31.8. The number of nitrogens with one attached hydrogen (secondary N) is 2. The summed E-state index contributed by atoms with van der Waals surface area (Å²) in [5.74, 6) is -0.566. The SMILES string of the molecule is CCCC(CCC)n1cnc2c(C(=O)N[C@H](Cc3ccccc3)[C@H](O)CNCc3cccc(C(F)(F)F)c3)cc(Cl)cc2c1=O. The molecule has 1 amide bonds. The number of halogens is 4. The van der Waals surface area contributed by atoms with Crippen molar-refractivity contribution < 1.29 is 23.1 Å². The third-order valence-electron chi connectivity index (χ3n) is 7.75. The van der Waals surface area contributed by atoms with E-state index in [-0.39, 0.29) is 52.6 Å². The van der Waals surface area contributed by atoms with E-state index in [2.05, 4.69) is 29.5 Å². The Hall–Kier alpha value is -3.73. The van der Waals surface area contributed by atoms with Gasteiger partial charge in [-0.25, -0.2) is 4.98 Å². The summed E-state index contributed by atoms with van der Waals surface area (Å²) in [5.41, 5.74) is 0.546. The molecule has 3 N–H and O–H groups in total. The lowest BCUT2D eigenvalue weighted by atomic mass is 10.00. The maximum Gasteiger partial charge on any atom is 0.416 e. The lowest BCUT2D eigenvalue weighted by Gasteiger charge is -2.25. The maximum absolute atomic E-state index is 13.7. The molecule has 0 fully saturated rings. The molecule has 3 aromatic carbocycles. The maximum atomic E-state index is 13.7. The highest BCUT2D eigenvalue weighted by atomic mass is 35.5. The van der Waals surface area contributed by atoms with Gasteiger partial charge in [-0.2, -0.15) is 13.2 Å². The monoisotopic (exact) mass is 642 g/mol. The topological polar surface area (TPSA) is 96.2 Å². The molecule has 0 unspecified atom stereocenters. The van der Waals surface area contributed by atoms with E-state index in [0.717, 1.165) is 43.4 Å². The first-order chi connectivity index (χ1) is 21.5. The van der Waals surface area contributed by atoms with Crippen molar-refractivity contribution >= 4 is 28.4 Å². The lowest BCUT2D eigenvalue weighted by molar-refractivity contribution is -0.137. The van der Waals surface area contributed by atoms with Crippen molar-refractivity contribution in [2.45, 2.75) is 76.9 Å². The van der Waals surface area contributed by atoms with Gasteiger partial charge in [0, 0.05) is 24.2 Å². The first-order valence-electron chi connectivity index (χ1n) is 15.1. The Balaban J connectivity index is 1.57. The summed E-state index contributed by atoms with van der Waals surface area (Å²) in [5, 5.41) is 17.5. The minimum atomic E-state index is -4.46. The minimum Gasteiger partial charge on any atom is -0.390 e. The highest BCUT2D eigenvalue weighted by Gasteiger charge is 2.30. The predicted octanol–water partition coefficient (Wildman–Crippen LogP) is 6.70. The Morgan fingerprint density at radius 1 is 1.00 bits per heavy atom. The highest BCUT2D eigenvalue weighted by molar-refractivity contribution is 6.32. The van der Waals surface area contributed by atoms with Gasteiger partial charge in [-0.3, -0.25) is 14.2 Å². The zero-order valence-electron chi connectivity index (χ0n) is 25.3. The van der Waals surface area contributed by atoms with Crippen molar-refractivity contribution in [2.75, 3.05) is 6.54 Å². The van der Waals surface area contributed by atoms with Crippen LogP contribution in [0.15, 0.2) is 77.9 Å². The van der Waals surface area contributed by atoms with Crippen LogP contribution in [0.2, 0.25) is 5.02 Å². The molecule has 0 aliphatic rings. The summed E-state index contributed by atoms with van der Waals surface area (Å²) < 4.78 is 41.0. The number of aliphatic hydroxyl groups is 1. The lowest BCUT2D eigenvalue weighted by Crippen LogP contribution is -2.48. The molecule has 1 aromatic heterocycles. The molecule has 0 bridgehead atoms. The Kier molecular flexibility index (Phi) is 11.8. The number of aromatic nitrogens is 2. The number of benzene rings is 3. The van der Waals surface area contributed by atoms with Gasteiger partial charge in [0.05, 0.1) is 40.5 Å². The van der Waals surface area contributed by atoms with E-state index in [0.29, 0.717) is 5.56 Å². The number of alkyl halides is 3. The van der Waals surface area contributed by atoms with Crippen molar-refractivity contribution in [2.24, 2.45) is 0 Å². The van der Waals surface area contributed by atoms with E-state index in [9.17, 15) is 27.9 Å². The Labute approximate surface area is 265 Å². The summed E-state index contributed by atoms with van der Waals surface area (Å²) in [6.07, 6.45) is -0.381. The molecule has 0 spiro atoms. The average Bonchev–Trinajstić information content (AvgIpc) is 3.01. The van der Waals surface area contributed by atoms with Gasteiger partial charge in [-0.15, -0.1) is 0 Å². The zero-order valence-corrected chi connectivity index (χ0v) is 26.0. The van der Waals surface area contributed by atoms with Gasteiger partial charge in [0.1, 0.15) is 0 Å². The summed E-state index contributed by atoms with van der Waals surface area (Å²) in [7, 11) is 0. The molecule has 45 heavy (non-hydrogen) atoms. The first-order valence-corrected chi connectivity index (χ1v) is 15.5. The molecule has 0 aliphatic heterocycles. The van der Waals surface area contributed by atoms with Crippen LogP contribution in [0.5, 0.6) is 0 Å². The van der Waals surface area contributed by atoms with Gasteiger partial charge < -0.3 is 15.7 Å². The van der Waals surface area contributed by atoms with E-state index in [1.165, 1.54) is 24.5 Å². The summed E-state index contributed by atoms with van der Waals surface area (Å²) >= 11 is 6.40. The van der Waals surface area contributed by atoms with Gasteiger partial charge in [0.2, 0.25) is 0 Å². The fourth-order valence-corrected chi connectivity index (χ4v) is 5.71.